The van der Waals surface area contributed by atoms with Crippen LogP contribution in [0.4, 0.5) is 16.0 Å². The molecule has 0 bridgehead atoms. The molecule has 0 saturated carbocycles. The molecule has 4 rings (SSSR count). The maximum Gasteiger partial charge on any atom is 0.227 e. The van der Waals surface area contributed by atoms with E-state index in [1.54, 1.807) is 18.3 Å². The van der Waals surface area contributed by atoms with Crippen molar-refractivity contribution in [2.75, 3.05) is 5.32 Å². The number of nitrogens with one attached hydrogen (secondary N) is 1. The number of rotatable bonds is 3. The number of halogens is 1. The smallest absolute Gasteiger partial charge is 0.227 e. The maximum absolute atomic E-state index is 13.0. The van der Waals surface area contributed by atoms with Crippen LogP contribution in [0.1, 0.15) is 39.5 Å². The van der Waals surface area contributed by atoms with Crippen molar-refractivity contribution in [2.24, 2.45) is 0 Å². The number of Topliss-reactive ketones (excluding diaryl/α,β-unsaturated/α-hetero) is 1. The average Bonchev–Trinajstić information content (AvgIpc) is 2.63. The number of nitrogens with zero attached hydrogens (tertiary/aromatic N) is 2. The molecule has 0 spiro atoms. The van der Waals surface area contributed by atoms with Crippen LogP contribution in [0.15, 0.2) is 54.7 Å². The molecule has 0 radical (unpaired) electrons. The molecule has 130 valence electrons. The Labute approximate surface area is 151 Å². The third-order valence-electron chi connectivity index (χ3n) is 4.65. The highest BCUT2D eigenvalue weighted by molar-refractivity contribution is 5.98. The summed E-state index contributed by atoms with van der Waals surface area (Å²) in [6, 6.07) is 14.3. The van der Waals surface area contributed by atoms with Crippen molar-refractivity contribution in [2.45, 2.75) is 25.7 Å². The van der Waals surface area contributed by atoms with E-state index in [-0.39, 0.29) is 17.5 Å². The van der Waals surface area contributed by atoms with Crippen molar-refractivity contribution in [1.29, 1.82) is 0 Å². The van der Waals surface area contributed by atoms with Crippen LogP contribution in [-0.4, -0.2) is 15.8 Å². The second-order valence-corrected chi connectivity index (χ2v) is 6.63. The van der Waals surface area contributed by atoms with E-state index in [1.807, 2.05) is 6.07 Å². The van der Waals surface area contributed by atoms with E-state index in [0.717, 1.165) is 11.3 Å². The lowest BCUT2D eigenvalue weighted by Crippen LogP contribution is -2.21. The summed E-state index contributed by atoms with van der Waals surface area (Å²) in [4.78, 5) is 21.3. The fraction of sp³-hybridized carbons (Fsp3) is 0.190. The summed E-state index contributed by atoms with van der Waals surface area (Å²) in [6.07, 6.45) is 2.76. The van der Waals surface area contributed by atoms with Crippen molar-refractivity contribution in [3.05, 3.63) is 82.9 Å². The van der Waals surface area contributed by atoms with Crippen molar-refractivity contribution in [3.8, 4) is 0 Å². The first kappa shape index (κ1) is 16.4. The van der Waals surface area contributed by atoms with E-state index >= 15 is 0 Å². The van der Waals surface area contributed by atoms with E-state index in [2.05, 4.69) is 40.4 Å². The Morgan fingerprint density at radius 2 is 1.92 bits per heavy atom. The minimum Gasteiger partial charge on any atom is -0.324 e. The van der Waals surface area contributed by atoms with Crippen LogP contribution >= 0.6 is 0 Å². The van der Waals surface area contributed by atoms with Crippen LogP contribution in [0.3, 0.4) is 0 Å². The molecule has 2 aromatic carbocycles. The van der Waals surface area contributed by atoms with Gasteiger partial charge in [0, 0.05) is 18.3 Å². The van der Waals surface area contributed by atoms with Crippen LogP contribution in [0.2, 0.25) is 0 Å². The predicted octanol–water partition coefficient (Wildman–Crippen LogP) is 4.58. The quantitative estimate of drug-likeness (QED) is 0.753. The first-order valence-corrected chi connectivity index (χ1v) is 8.57. The van der Waals surface area contributed by atoms with Crippen molar-refractivity contribution >= 4 is 17.4 Å². The third kappa shape index (κ3) is 3.33. The monoisotopic (exact) mass is 347 g/mol. The highest BCUT2D eigenvalue weighted by atomic mass is 19.1. The topological polar surface area (TPSA) is 54.9 Å². The number of carbonyl (C=O) groups excluding carboxylic acids is 1. The largest absolute Gasteiger partial charge is 0.324 e. The molecule has 1 aliphatic carbocycles. The van der Waals surface area contributed by atoms with Gasteiger partial charge in [-0.05, 0) is 49.1 Å². The SMILES string of the molecule is Cc1cccc([C@H]2CC(=O)c3cnc(Nc4ccc(F)cc4)nc3C2)c1. The van der Waals surface area contributed by atoms with E-state index in [9.17, 15) is 9.18 Å². The fourth-order valence-corrected chi connectivity index (χ4v) is 3.33. The number of aromatic nitrogens is 2. The van der Waals surface area contributed by atoms with Gasteiger partial charge in [0.1, 0.15) is 5.82 Å². The highest BCUT2D eigenvalue weighted by Gasteiger charge is 2.28. The van der Waals surface area contributed by atoms with Crippen molar-refractivity contribution in [3.63, 3.8) is 0 Å². The predicted molar refractivity (Wildman–Crippen MR) is 98.3 cm³/mol. The molecule has 5 heteroatoms. The van der Waals surface area contributed by atoms with Gasteiger partial charge in [-0.15, -0.1) is 0 Å². The van der Waals surface area contributed by atoms with Gasteiger partial charge in [0.2, 0.25) is 5.95 Å². The van der Waals surface area contributed by atoms with Crippen molar-refractivity contribution < 1.29 is 9.18 Å². The van der Waals surface area contributed by atoms with E-state index in [4.69, 9.17) is 0 Å². The second-order valence-electron chi connectivity index (χ2n) is 6.63. The number of anilines is 2. The maximum atomic E-state index is 13.0. The van der Waals surface area contributed by atoms with E-state index in [1.165, 1.54) is 17.7 Å². The molecule has 3 aromatic rings. The van der Waals surface area contributed by atoms with Crippen LogP contribution < -0.4 is 5.32 Å². The van der Waals surface area contributed by atoms with Gasteiger partial charge >= 0.3 is 0 Å². The molecular weight excluding hydrogens is 329 g/mol. The molecule has 1 aromatic heterocycles. The van der Waals surface area contributed by atoms with E-state index < -0.39 is 0 Å². The number of hydrogen-bond donors (Lipinski definition) is 1. The lowest BCUT2D eigenvalue weighted by atomic mass is 9.82. The molecule has 0 fully saturated rings. The first-order valence-electron chi connectivity index (χ1n) is 8.57. The number of benzene rings is 2. The second kappa shape index (κ2) is 6.67. The van der Waals surface area contributed by atoms with Gasteiger partial charge in [-0.2, -0.15) is 0 Å². The molecule has 0 aliphatic heterocycles. The number of ketones is 1. The molecule has 1 aliphatic rings. The van der Waals surface area contributed by atoms with Gasteiger partial charge in [-0.25, -0.2) is 14.4 Å². The molecule has 4 nitrogen and oxygen atoms in total. The van der Waals surface area contributed by atoms with Gasteiger partial charge in [0.15, 0.2) is 5.78 Å². The zero-order chi connectivity index (χ0) is 18.1. The summed E-state index contributed by atoms with van der Waals surface area (Å²) in [5.41, 5.74) is 4.40. The molecule has 26 heavy (non-hydrogen) atoms. The van der Waals surface area contributed by atoms with Crippen molar-refractivity contribution in [1.82, 2.24) is 9.97 Å². The zero-order valence-electron chi connectivity index (χ0n) is 14.4. The molecule has 0 amide bonds. The molecule has 0 unspecified atom stereocenters. The van der Waals surface area contributed by atoms with E-state index in [0.29, 0.717) is 30.0 Å². The van der Waals surface area contributed by atoms with Crippen LogP contribution in [-0.2, 0) is 6.42 Å². The van der Waals surface area contributed by atoms with Crippen LogP contribution in [0.25, 0.3) is 0 Å². The number of carbonyl (C=O) groups is 1. The number of hydrogen-bond acceptors (Lipinski definition) is 4. The van der Waals surface area contributed by atoms with Gasteiger partial charge < -0.3 is 5.32 Å². The average molecular weight is 347 g/mol. The Hall–Kier alpha value is -3.08. The lowest BCUT2D eigenvalue weighted by Gasteiger charge is -2.23. The molecule has 1 atom stereocenters. The normalized spacial score (nSPS) is 16.2. The lowest BCUT2D eigenvalue weighted by molar-refractivity contribution is 0.0962. The van der Waals surface area contributed by atoms with Gasteiger partial charge in [0.05, 0.1) is 11.3 Å². The Bertz CT molecular complexity index is 969. The minimum atomic E-state index is -0.298. The summed E-state index contributed by atoms with van der Waals surface area (Å²) >= 11 is 0. The van der Waals surface area contributed by atoms with Gasteiger partial charge in [0.25, 0.3) is 0 Å². The molecular formula is C21H18FN3O. The number of fused-ring (bicyclic) bond motifs is 1. The zero-order valence-corrected chi connectivity index (χ0v) is 14.4. The van der Waals surface area contributed by atoms with Crippen LogP contribution in [0.5, 0.6) is 0 Å². The summed E-state index contributed by atoms with van der Waals surface area (Å²) < 4.78 is 13.0. The summed E-state index contributed by atoms with van der Waals surface area (Å²) in [7, 11) is 0. The third-order valence-corrected chi connectivity index (χ3v) is 4.65. The summed E-state index contributed by atoms with van der Waals surface area (Å²) in [5.74, 6) is 0.316. The van der Waals surface area contributed by atoms with Gasteiger partial charge in [-0.1, -0.05) is 29.8 Å². The summed E-state index contributed by atoms with van der Waals surface area (Å²) in [5, 5.41) is 3.06. The first-order chi connectivity index (χ1) is 12.6. The summed E-state index contributed by atoms with van der Waals surface area (Å²) in [6.45, 7) is 2.05. The number of aryl methyl sites for hydroxylation is 1. The molecule has 1 heterocycles. The fourth-order valence-electron chi connectivity index (χ4n) is 3.33. The van der Waals surface area contributed by atoms with Gasteiger partial charge in [-0.3, -0.25) is 4.79 Å². The standard InChI is InChI=1S/C21H18FN3O/c1-13-3-2-4-14(9-13)15-10-19-18(20(26)11-15)12-23-21(25-19)24-17-7-5-16(22)6-8-17/h2-9,12,15H,10-11H2,1H3,(H,23,24,25)/t15-/m1/s1. The minimum absolute atomic E-state index is 0.0751. The van der Waals surface area contributed by atoms with Crippen LogP contribution in [0, 0.1) is 12.7 Å². The molecule has 0 saturated heterocycles. The Morgan fingerprint density at radius 1 is 1.12 bits per heavy atom. The highest BCUT2D eigenvalue weighted by Crippen LogP contribution is 2.32. The Kier molecular flexibility index (Phi) is 4.21. The Balaban J connectivity index is 1.61. The molecule has 1 N–H and O–H groups in total. The Morgan fingerprint density at radius 3 is 2.69 bits per heavy atom.